The average Bonchev–Trinajstić information content (AvgIpc) is 2.46. The molecule has 0 aromatic carbocycles. The molecule has 1 heterocycles. The van der Waals surface area contributed by atoms with Gasteiger partial charge in [-0.05, 0) is 46.7 Å². The summed E-state index contributed by atoms with van der Waals surface area (Å²) in [5.41, 5.74) is -0.655. The van der Waals surface area contributed by atoms with Crippen LogP contribution in [0.4, 0.5) is 0 Å². The van der Waals surface area contributed by atoms with Crippen LogP contribution in [0.3, 0.4) is 0 Å². The fourth-order valence-electron chi connectivity index (χ4n) is 2.31. The van der Waals surface area contributed by atoms with Crippen molar-refractivity contribution in [2.75, 3.05) is 32.8 Å². The van der Waals surface area contributed by atoms with E-state index in [2.05, 4.69) is 10.8 Å². The van der Waals surface area contributed by atoms with Crippen molar-refractivity contribution in [2.45, 2.75) is 45.3 Å². The van der Waals surface area contributed by atoms with Gasteiger partial charge in [0, 0.05) is 6.54 Å². The molecule has 5 nitrogen and oxygen atoms in total. The Morgan fingerprint density at radius 1 is 1.48 bits per heavy atom. The highest BCUT2D eigenvalue weighted by atomic mass is 16.5. The number of rotatable bonds is 7. The lowest BCUT2D eigenvalue weighted by molar-refractivity contribution is -0.149. The van der Waals surface area contributed by atoms with E-state index in [0.717, 1.165) is 25.9 Å². The molecular formula is C16H27NO4. The van der Waals surface area contributed by atoms with Gasteiger partial charge in [-0.25, -0.2) is 0 Å². The van der Waals surface area contributed by atoms with Crippen LogP contribution in [-0.2, 0) is 14.3 Å². The van der Waals surface area contributed by atoms with Crippen molar-refractivity contribution in [3.05, 3.63) is 0 Å². The standard InChI is InChI=1S/C16H27NO4/c1-5-16(3,4)21-12-14(18)11-17-9-7-13(8-10-17)15(19)20-6-2/h1,13-14,18H,6-12H2,2-4H3. The number of aliphatic hydroxyl groups excluding tert-OH is 1. The first-order chi connectivity index (χ1) is 9.88. The summed E-state index contributed by atoms with van der Waals surface area (Å²) < 4.78 is 10.5. The maximum atomic E-state index is 11.6. The van der Waals surface area contributed by atoms with Gasteiger partial charge in [-0.15, -0.1) is 6.42 Å². The largest absolute Gasteiger partial charge is 0.466 e. The summed E-state index contributed by atoms with van der Waals surface area (Å²) in [6, 6.07) is 0. The second-order valence-corrected chi connectivity index (χ2v) is 5.95. The molecule has 1 atom stereocenters. The Hall–Kier alpha value is -1.09. The van der Waals surface area contributed by atoms with Crippen LogP contribution in [0, 0.1) is 18.3 Å². The zero-order valence-electron chi connectivity index (χ0n) is 13.3. The SMILES string of the molecule is C#CC(C)(C)OCC(O)CN1CCC(C(=O)OCC)CC1. The number of carbonyl (C=O) groups is 1. The Morgan fingerprint density at radius 3 is 2.62 bits per heavy atom. The zero-order valence-corrected chi connectivity index (χ0v) is 13.3. The van der Waals surface area contributed by atoms with E-state index in [1.807, 2.05) is 6.92 Å². The third-order valence-corrected chi connectivity index (χ3v) is 3.66. The van der Waals surface area contributed by atoms with Crippen LogP contribution < -0.4 is 0 Å². The average molecular weight is 297 g/mol. The van der Waals surface area contributed by atoms with Crippen LogP contribution in [0.25, 0.3) is 0 Å². The van der Waals surface area contributed by atoms with E-state index in [4.69, 9.17) is 15.9 Å². The zero-order chi connectivity index (χ0) is 15.9. The van der Waals surface area contributed by atoms with Crippen LogP contribution in [0.2, 0.25) is 0 Å². The smallest absolute Gasteiger partial charge is 0.309 e. The van der Waals surface area contributed by atoms with Crippen molar-refractivity contribution in [3.8, 4) is 12.3 Å². The first kappa shape index (κ1) is 18.0. The Morgan fingerprint density at radius 2 is 2.10 bits per heavy atom. The fraction of sp³-hybridized carbons (Fsp3) is 0.812. The highest BCUT2D eigenvalue weighted by Crippen LogP contribution is 2.19. The molecule has 1 rings (SSSR count). The number of ether oxygens (including phenoxy) is 2. The van der Waals surface area contributed by atoms with Crippen molar-refractivity contribution in [3.63, 3.8) is 0 Å². The lowest BCUT2D eigenvalue weighted by Gasteiger charge is -2.32. The molecule has 21 heavy (non-hydrogen) atoms. The number of carbonyl (C=O) groups excluding carboxylic acids is 1. The minimum Gasteiger partial charge on any atom is -0.466 e. The minimum atomic E-state index is -0.655. The van der Waals surface area contributed by atoms with Gasteiger partial charge in [-0.2, -0.15) is 0 Å². The van der Waals surface area contributed by atoms with Crippen molar-refractivity contribution in [1.29, 1.82) is 0 Å². The number of terminal acetylenes is 1. The molecule has 5 heteroatoms. The van der Waals surface area contributed by atoms with Crippen LogP contribution in [0.5, 0.6) is 0 Å². The molecule has 1 unspecified atom stereocenters. The Bertz CT molecular complexity index is 367. The van der Waals surface area contributed by atoms with Gasteiger partial charge in [0.1, 0.15) is 5.60 Å². The van der Waals surface area contributed by atoms with Gasteiger partial charge in [-0.3, -0.25) is 4.79 Å². The molecule has 1 aliphatic heterocycles. The predicted molar refractivity (Wildman–Crippen MR) is 80.7 cm³/mol. The molecule has 1 aliphatic rings. The fourth-order valence-corrected chi connectivity index (χ4v) is 2.31. The minimum absolute atomic E-state index is 0.00466. The summed E-state index contributed by atoms with van der Waals surface area (Å²) >= 11 is 0. The number of nitrogens with zero attached hydrogens (tertiary/aromatic N) is 1. The van der Waals surface area contributed by atoms with Crippen LogP contribution in [-0.4, -0.2) is 60.5 Å². The molecule has 0 aliphatic carbocycles. The molecule has 0 aromatic rings. The second-order valence-electron chi connectivity index (χ2n) is 5.95. The van der Waals surface area contributed by atoms with E-state index in [-0.39, 0.29) is 18.5 Å². The number of hydrogen-bond donors (Lipinski definition) is 1. The summed E-state index contributed by atoms with van der Waals surface area (Å²) in [6.07, 6.45) is 6.32. The molecular weight excluding hydrogens is 270 g/mol. The van der Waals surface area contributed by atoms with E-state index in [0.29, 0.717) is 13.2 Å². The quantitative estimate of drug-likeness (QED) is 0.562. The first-order valence-electron chi connectivity index (χ1n) is 7.56. The van der Waals surface area contributed by atoms with Gasteiger partial charge < -0.3 is 19.5 Å². The maximum absolute atomic E-state index is 11.6. The van der Waals surface area contributed by atoms with Crippen molar-refractivity contribution in [1.82, 2.24) is 4.90 Å². The summed E-state index contributed by atoms with van der Waals surface area (Å²) in [5, 5.41) is 9.99. The van der Waals surface area contributed by atoms with E-state index in [9.17, 15) is 9.90 Å². The van der Waals surface area contributed by atoms with Gasteiger partial charge in [0.15, 0.2) is 0 Å². The van der Waals surface area contributed by atoms with Gasteiger partial charge in [0.25, 0.3) is 0 Å². The van der Waals surface area contributed by atoms with E-state index in [1.165, 1.54) is 0 Å². The first-order valence-corrected chi connectivity index (χ1v) is 7.56. The molecule has 0 radical (unpaired) electrons. The molecule has 0 aromatic heterocycles. The highest BCUT2D eigenvalue weighted by Gasteiger charge is 2.27. The normalized spacial score (nSPS) is 19.0. The molecule has 0 spiro atoms. The molecule has 120 valence electrons. The molecule has 0 saturated carbocycles. The predicted octanol–water partition coefficient (Wildman–Crippen LogP) is 1.05. The Labute approximate surface area is 127 Å². The third-order valence-electron chi connectivity index (χ3n) is 3.66. The number of piperidine rings is 1. The number of β-amino-alcohol motifs (C(OH)–C–C–N with tert-alkyl or cyclic N) is 1. The third kappa shape index (κ3) is 6.47. The van der Waals surface area contributed by atoms with Crippen molar-refractivity contribution >= 4 is 5.97 Å². The maximum Gasteiger partial charge on any atom is 0.309 e. The van der Waals surface area contributed by atoms with E-state index in [1.54, 1.807) is 13.8 Å². The summed E-state index contributed by atoms with van der Waals surface area (Å²) in [5.74, 6) is 2.43. The summed E-state index contributed by atoms with van der Waals surface area (Å²) in [6.45, 7) is 8.18. The highest BCUT2D eigenvalue weighted by molar-refractivity contribution is 5.72. The molecule has 0 amide bonds. The van der Waals surface area contributed by atoms with Crippen molar-refractivity contribution < 1.29 is 19.4 Å². The summed E-state index contributed by atoms with van der Waals surface area (Å²) in [7, 11) is 0. The molecule has 1 N–H and O–H groups in total. The summed E-state index contributed by atoms with van der Waals surface area (Å²) in [4.78, 5) is 13.8. The van der Waals surface area contributed by atoms with Crippen LogP contribution in [0.1, 0.15) is 33.6 Å². The number of likely N-dealkylation sites (tertiary alicyclic amines) is 1. The van der Waals surface area contributed by atoms with Gasteiger partial charge in [0.2, 0.25) is 0 Å². The number of hydrogen-bond acceptors (Lipinski definition) is 5. The van der Waals surface area contributed by atoms with Gasteiger partial charge >= 0.3 is 5.97 Å². The second kappa shape index (κ2) is 8.38. The monoisotopic (exact) mass is 297 g/mol. The molecule has 0 bridgehead atoms. The topological polar surface area (TPSA) is 59.0 Å². The van der Waals surface area contributed by atoms with Crippen molar-refractivity contribution in [2.24, 2.45) is 5.92 Å². The lowest BCUT2D eigenvalue weighted by Crippen LogP contribution is -2.42. The van der Waals surface area contributed by atoms with Gasteiger partial charge in [-0.1, -0.05) is 5.92 Å². The molecule has 1 fully saturated rings. The van der Waals surface area contributed by atoms with E-state index < -0.39 is 11.7 Å². The molecule has 1 saturated heterocycles. The number of aliphatic hydroxyl groups is 1. The van der Waals surface area contributed by atoms with Crippen LogP contribution in [0.15, 0.2) is 0 Å². The lowest BCUT2D eigenvalue weighted by atomic mass is 9.97. The number of esters is 1. The van der Waals surface area contributed by atoms with Gasteiger partial charge in [0.05, 0.1) is 25.2 Å². The Kier molecular flexibility index (Phi) is 7.16. The Balaban J connectivity index is 2.26. The van der Waals surface area contributed by atoms with Crippen LogP contribution >= 0.6 is 0 Å². The van der Waals surface area contributed by atoms with E-state index >= 15 is 0 Å².